The van der Waals surface area contributed by atoms with E-state index < -0.39 is 0 Å². The Morgan fingerprint density at radius 3 is 1.06 bits per heavy atom. The van der Waals surface area contributed by atoms with Crippen LogP contribution >= 0.6 is 0 Å². The van der Waals surface area contributed by atoms with Crippen molar-refractivity contribution in [3.63, 3.8) is 0 Å². The first-order valence-electron chi connectivity index (χ1n) is 53.4. The summed E-state index contributed by atoms with van der Waals surface area (Å²) in [4.78, 5) is 0. The van der Waals surface area contributed by atoms with Gasteiger partial charge in [0, 0.05) is 27.1 Å². The first kappa shape index (κ1) is 97.4. The van der Waals surface area contributed by atoms with E-state index in [1.807, 2.05) is 66.7 Å². The fourth-order valence-corrected chi connectivity index (χ4v) is 30.7. The van der Waals surface area contributed by atoms with Crippen molar-refractivity contribution in [2.45, 2.75) is 222 Å². The van der Waals surface area contributed by atoms with E-state index in [2.05, 4.69) is 369 Å². The van der Waals surface area contributed by atoms with Crippen LogP contribution in [-0.4, -0.2) is 30.6 Å². The Bertz CT molecular complexity index is 6960. The van der Waals surface area contributed by atoms with Crippen LogP contribution in [0.5, 0.6) is 34.5 Å². The molecule has 0 aromatic heterocycles. The molecule has 0 aliphatic heterocycles. The summed E-state index contributed by atoms with van der Waals surface area (Å²) >= 11 is 0. The molecule has 0 amide bonds. The van der Waals surface area contributed by atoms with E-state index in [0.717, 1.165) is 66.6 Å². The van der Waals surface area contributed by atoms with Gasteiger partial charge in [0.25, 0.3) is 0 Å². The van der Waals surface area contributed by atoms with E-state index in [-0.39, 0.29) is 54.5 Å². The molecule has 8 unspecified atom stereocenters. The Hall–Kier alpha value is -13.7. The predicted molar refractivity (Wildman–Crippen MR) is 594 cm³/mol. The van der Waals surface area contributed by atoms with Crippen molar-refractivity contribution in [1.29, 1.82) is 0 Å². The number of hydrogen-bond donors (Lipinski definition) is 6. The van der Waals surface area contributed by atoms with Crippen molar-refractivity contribution >= 4 is 0 Å². The highest BCUT2D eigenvalue weighted by molar-refractivity contribution is 5.86. The minimum atomic E-state index is -0.380. The minimum absolute atomic E-state index is 0.0441. The van der Waals surface area contributed by atoms with Crippen molar-refractivity contribution in [3.8, 4) is 45.6 Å². The Morgan fingerprint density at radius 1 is 0.262 bits per heavy atom. The second-order valence-electron chi connectivity index (χ2n) is 47.1. The topological polar surface area (TPSA) is 121 Å². The van der Waals surface area contributed by atoms with E-state index >= 15 is 0 Å². The third-order valence-electron chi connectivity index (χ3n) is 36.8. The molecule has 0 heterocycles. The molecular formula is C139H142O6. The number of aromatic hydroxyl groups is 6. The van der Waals surface area contributed by atoms with Crippen molar-refractivity contribution in [2.75, 3.05) is 0 Å². The summed E-state index contributed by atoms with van der Waals surface area (Å²) in [6.07, 6.45) is 17.3. The zero-order valence-corrected chi connectivity index (χ0v) is 86.9. The van der Waals surface area contributed by atoms with Gasteiger partial charge >= 0.3 is 0 Å². The first-order chi connectivity index (χ1) is 69.7. The van der Waals surface area contributed by atoms with Gasteiger partial charge in [-0.3, -0.25) is 0 Å². The lowest BCUT2D eigenvalue weighted by atomic mass is 9.42. The number of phenolic OH excluding ortho intramolecular Hbond substituents is 6. The SMILES string of the molecule is Cc1ccc(C(C)(c2ccccc2)c2ccc(O)cc2)cc1.Cc1ccc(C2(c3ccc(O)cc3)C3CC4CC(C3)CC2C4)cc1.Cc1ccc(C2(c3ccc(O)cc3)CC(C)(C)c3ccccc32)cc1.Cc1ccc(C2(c3ccc(O)cc3)CC3CC2C2CCCC32)cc1.Cc1ccc(C2(c3ccc(O)cc3)c3ccccc3-c3ccccc32)cc1.Cc1ccc2c(c1)C1(CC2(C)C)CC(C)(C)c2ccc(O)cc21. The number of benzene rings is 16. The smallest absolute Gasteiger partial charge is 0.115 e. The number of phenols is 6. The molecule has 0 saturated heterocycles. The van der Waals surface area contributed by atoms with Crippen molar-refractivity contribution in [3.05, 3.63) is 521 Å². The fourth-order valence-electron chi connectivity index (χ4n) is 30.7. The highest BCUT2D eigenvalue weighted by Gasteiger charge is 2.63. The maximum absolute atomic E-state index is 10.1. The summed E-state index contributed by atoms with van der Waals surface area (Å²) in [5, 5.41) is 59.0. The molecule has 0 radical (unpaired) electrons. The van der Waals surface area contributed by atoms with Gasteiger partial charge in [-0.25, -0.2) is 0 Å². The second-order valence-corrected chi connectivity index (χ2v) is 47.1. The van der Waals surface area contributed by atoms with Gasteiger partial charge in [0.15, 0.2) is 0 Å². The molecule has 145 heavy (non-hydrogen) atoms. The average molecular weight is 1910 g/mol. The minimum Gasteiger partial charge on any atom is -0.508 e. The molecule has 8 atom stereocenters. The number of hydrogen-bond acceptors (Lipinski definition) is 6. The molecule has 6 nitrogen and oxygen atoms in total. The van der Waals surface area contributed by atoms with Crippen molar-refractivity contribution in [2.24, 2.45) is 47.3 Å². The highest BCUT2D eigenvalue weighted by Crippen LogP contribution is 2.70. The lowest BCUT2D eigenvalue weighted by molar-refractivity contribution is -0.0418. The molecule has 6 N–H and O–H groups in total. The first-order valence-corrected chi connectivity index (χ1v) is 53.4. The third-order valence-corrected chi connectivity index (χ3v) is 36.8. The molecule has 7 saturated carbocycles. The summed E-state index contributed by atoms with van der Waals surface area (Å²) in [6, 6.07) is 134. The second kappa shape index (κ2) is 38.1. The van der Waals surface area contributed by atoms with Crippen LogP contribution in [0.25, 0.3) is 11.1 Å². The Balaban J connectivity index is 0.000000103. The van der Waals surface area contributed by atoms with Crippen LogP contribution in [0.2, 0.25) is 0 Å². The molecule has 11 aliphatic carbocycles. The lowest BCUT2D eigenvalue weighted by Gasteiger charge is -2.62. The maximum atomic E-state index is 10.1. The van der Waals surface area contributed by atoms with Crippen LogP contribution in [-0.2, 0) is 48.7 Å². The largest absolute Gasteiger partial charge is 0.508 e. The summed E-state index contributed by atoms with van der Waals surface area (Å²) in [7, 11) is 0. The Labute approximate surface area is 861 Å². The van der Waals surface area contributed by atoms with E-state index in [1.54, 1.807) is 36.4 Å². The normalized spacial score (nSPS) is 24.6. The van der Waals surface area contributed by atoms with Crippen LogP contribution in [0.4, 0.5) is 0 Å². The summed E-state index contributed by atoms with van der Waals surface area (Å²) in [5.41, 5.74) is 35.9. The van der Waals surface area contributed by atoms with Gasteiger partial charge in [0.05, 0.1) is 5.41 Å². The van der Waals surface area contributed by atoms with Gasteiger partial charge in [-0.15, -0.1) is 0 Å². The third kappa shape index (κ3) is 17.1. The molecule has 16 aromatic rings. The van der Waals surface area contributed by atoms with Gasteiger partial charge < -0.3 is 30.6 Å². The van der Waals surface area contributed by atoms with E-state index in [0.29, 0.717) is 28.7 Å². The molecule has 7 fully saturated rings. The monoisotopic (exact) mass is 1910 g/mol. The fraction of sp³-hybridized carbons (Fsp3) is 0.309. The molecule has 1 spiro atoms. The molecule has 27 rings (SSSR count). The average Bonchev–Trinajstić information content (AvgIpc) is 1.69. The van der Waals surface area contributed by atoms with Gasteiger partial charge in [-0.1, -0.05) is 391 Å². The van der Waals surface area contributed by atoms with E-state index in [4.69, 9.17) is 0 Å². The van der Waals surface area contributed by atoms with Crippen LogP contribution in [0.1, 0.15) is 271 Å². The Kier molecular flexibility index (Phi) is 25.6. The van der Waals surface area contributed by atoms with Crippen molar-refractivity contribution in [1.82, 2.24) is 0 Å². The molecular weight excluding hydrogens is 1770 g/mol. The van der Waals surface area contributed by atoms with E-state index in [9.17, 15) is 30.6 Å². The van der Waals surface area contributed by atoms with Crippen LogP contribution in [0.3, 0.4) is 0 Å². The molecule has 734 valence electrons. The van der Waals surface area contributed by atoms with Gasteiger partial charge in [0.1, 0.15) is 34.5 Å². The zero-order valence-electron chi connectivity index (χ0n) is 86.9. The van der Waals surface area contributed by atoms with Crippen molar-refractivity contribution < 1.29 is 30.6 Å². The standard InChI is InChI=1S/C26H20O.C24H24O.2C23H26O.C22H26O.C21H20O/c1-18-10-12-19(13-11-18)26(20-14-16-21(27)17-15-20)24-8-4-2-6-22(24)23-7-3-5-9-25(23)26;1-17-8-10-18(11-9-17)24(19-12-14-20(25)15-13-19)16-23(2,3)21-6-4-5-7-22(21)24;1-15-2-4-18(5-3-15)23(19-6-8-22(24)9-7-19)20-11-16-10-17(13-20)14-21(23)12-16;1-15-5-7-17(8-6-15)23(18-9-11-19(24)12-10-18)14-16-13-22(23)21-4-2-3-20(16)21;1-14-6-8-16-18(10-14)22(12-20(16,2)3)13-21(4,5)17-9-7-15(23)11-19(17)22;1-16-8-10-18(11-9-16)21(2,17-6-4-3-5-7-17)19-12-14-20(22)15-13-19/h2-17,27H,1H3;4-15,25H,16H2,1-3H3;2-9,16-17,20-21,24H,10-14H2,1H3;5-12,16,20-22,24H,2-4,13-14H2,1H3;6-11,23H,12-13H2,1-5H3;3-15,22H,1-2H3. The van der Waals surface area contributed by atoms with Gasteiger partial charge in [0.2, 0.25) is 0 Å². The summed E-state index contributed by atoms with van der Waals surface area (Å²) in [5.74, 6) is 9.08. The molecule has 11 aliphatic rings. The Morgan fingerprint density at radius 2 is 0.586 bits per heavy atom. The van der Waals surface area contributed by atoms with E-state index in [1.165, 1.54) is 214 Å². The van der Waals surface area contributed by atoms with Crippen LogP contribution in [0.15, 0.2) is 382 Å². The van der Waals surface area contributed by atoms with Gasteiger partial charge in [-0.05, 0) is 379 Å². The maximum Gasteiger partial charge on any atom is 0.115 e. The summed E-state index contributed by atoms with van der Waals surface area (Å²) in [6.45, 7) is 29.2. The number of fused-ring (bicyclic) bond motifs is 13. The molecule has 6 bridgehead atoms. The lowest BCUT2D eigenvalue weighted by Crippen LogP contribution is -2.56. The quantitative estimate of drug-likeness (QED) is 0.0718. The van der Waals surface area contributed by atoms with Crippen LogP contribution in [0, 0.1) is 88.9 Å². The number of aryl methyl sites for hydroxylation is 6. The highest BCUT2D eigenvalue weighted by atomic mass is 16.3. The van der Waals surface area contributed by atoms with Crippen LogP contribution < -0.4 is 0 Å². The van der Waals surface area contributed by atoms with Gasteiger partial charge in [-0.2, -0.15) is 0 Å². The molecule has 6 heteroatoms. The molecule has 16 aromatic carbocycles. The predicted octanol–water partition coefficient (Wildman–Crippen LogP) is 33.1. The zero-order chi connectivity index (χ0) is 101. The summed E-state index contributed by atoms with van der Waals surface area (Å²) < 4.78 is 0. The number of rotatable bonds is 11.